The smallest absolute Gasteiger partial charge is 0.108 e. The minimum atomic E-state index is 0.385. The zero-order valence-electron chi connectivity index (χ0n) is 29.4. The van der Waals surface area contributed by atoms with Gasteiger partial charge in [-0.2, -0.15) is 0 Å². The molecule has 0 saturated heterocycles. The second-order valence-corrected chi connectivity index (χ2v) is 12.1. The predicted octanol–water partition coefficient (Wildman–Crippen LogP) is 12.6. The third kappa shape index (κ3) is 33.2. The molecule has 1 unspecified atom stereocenters. The van der Waals surface area contributed by atoms with Gasteiger partial charge in [-0.1, -0.05) is 158 Å². The number of allylic oxidation sites excluding steroid dienone is 8. The van der Waals surface area contributed by atoms with Gasteiger partial charge in [0.05, 0.1) is 12.6 Å². The highest BCUT2D eigenvalue weighted by Gasteiger charge is 2.08. The van der Waals surface area contributed by atoms with Crippen molar-refractivity contribution >= 4 is 0 Å². The lowest BCUT2D eigenvalue weighted by Crippen LogP contribution is -2.23. The van der Waals surface area contributed by atoms with Gasteiger partial charge in [-0.15, -0.1) is 0 Å². The van der Waals surface area contributed by atoms with Gasteiger partial charge in [0.15, 0.2) is 0 Å². The number of nitrogens with zero attached hydrogens (tertiary/aromatic N) is 1. The summed E-state index contributed by atoms with van der Waals surface area (Å²) in [5.74, 6) is 6.60. The molecule has 43 heavy (non-hydrogen) atoms. The van der Waals surface area contributed by atoms with Crippen LogP contribution in [0.3, 0.4) is 0 Å². The molecule has 1 atom stereocenters. The first-order valence-corrected chi connectivity index (χ1v) is 18.6. The Labute approximate surface area is 270 Å². The van der Waals surface area contributed by atoms with Crippen LogP contribution in [0.15, 0.2) is 48.6 Å². The van der Waals surface area contributed by atoms with Gasteiger partial charge < -0.3 is 4.74 Å². The maximum Gasteiger partial charge on any atom is 0.108 e. The second kappa shape index (κ2) is 36.6. The Morgan fingerprint density at radius 1 is 0.535 bits per heavy atom. The lowest BCUT2D eigenvalue weighted by Gasteiger charge is -2.17. The molecule has 0 aromatic rings. The molecule has 0 radical (unpaired) electrons. The molecule has 0 aromatic heterocycles. The SMILES string of the molecule is CC=CCC=CCCCCCCCCC(CCCCCCCCC=CCC=CCCCCC)OCC#CCN(CC)CC. The maximum atomic E-state index is 6.30. The monoisotopic (exact) mass is 596 g/mol. The molecule has 0 aromatic carbocycles. The van der Waals surface area contributed by atoms with Crippen molar-refractivity contribution in [3.8, 4) is 11.8 Å². The molecule has 0 fully saturated rings. The average molecular weight is 596 g/mol. The molecular formula is C41H73NO. The quantitative estimate of drug-likeness (QED) is 0.0449. The molecular weight excluding hydrogens is 522 g/mol. The van der Waals surface area contributed by atoms with E-state index in [9.17, 15) is 0 Å². The van der Waals surface area contributed by atoms with Gasteiger partial charge in [0, 0.05) is 0 Å². The van der Waals surface area contributed by atoms with Crippen molar-refractivity contribution in [1.82, 2.24) is 4.90 Å². The third-order valence-corrected chi connectivity index (χ3v) is 8.26. The summed E-state index contributed by atoms with van der Waals surface area (Å²) in [6.07, 6.45) is 47.2. The summed E-state index contributed by atoms with van der Waals surface area (Å²) in [4.78, 5) is 2.36. The lowest BCUT2D eigenvalue weighted by molar-refractivity contribution is 0.0606. The second-order valence-electron chi connectivity index (χ2n) is 12.1. The molecule has 0 spiro atoms. The van der Waals surface area contributed by atoms with Crippen molar-refractivity contribution in [2.45, 2.75) is 175 Å². The van der Waals surface area contributed by atoms with E-state index in [1.807, 2.05) is 0 Å². The number of unbranched alkanes of at least 4 members (excludes halogenated alkanes) is 15. The minimum absolute atomic E-state index is 0.385. The van der Waals surface area contributed by atoms with E-state index in [4.69, 9.17) is 4.74 Å². The Morgan fingerprint density at radius 3 is 1.49 bits per heavy atom. The summed E-state index contributed by atoms with van der Waals surface area (Å²) in [5, 5.41) is 0. The summed E-state index contributed by atoms with van der Waals surface area (Å²) in [6, 6.07) is 0. The fourth-order valence-corrected chi connectivity index (χ4v) is 5.27. The van der Waals surface area contributed by atoms with Crippen molar-refractivity contribution in [3.05, 3.63) is 48.6 Å². The summed E-state index contributed by atoms with van der Waals surface area (Å²) in [6.45, 7) is 12.3. The van der Waals surface area contributed by atoms with Crippen LogP contribution in [0.4, 0.5) is 0 Å². The Hall–Kier alpha value is -1.56. The fraction of sp³-hybridized carbons (Fsp3) is 0.756. The third-order valence-electron chi connectivity index (χ3n) is 8.26. The van der Waals surface area contributed by atoms with Gasteiger partial charge in [-0.25, -0.2) is 0 Å². The summed E-state index contributed by atoms with van der Waals surface area (Å²) >= 11 is 0. The van der Waals surface area contributed by atoms with Crippen LogP contribution in [-0.4, -0.2) is 37.2 Å². The standard InChI is InChI=1S/C41H73NO/c1-5-9-11-13-15-17-19-21-22-23-24-26-28-30-32-34-38-41(43-40-36-35-39-42(7-3)8-4)37-33-31-29-27-25-20-18-16-14-12-10-6-2/h6,10,14-17,21-22,41H,5,7-9,11-13,18-20,23-34,37-40H2,1-4H3. The minimum Gasteiger partial charge on any atom is -0.366 e. The molecule has 0 bridgehead atoms. The van der Waals surface area contributed by atoms with Crippen LogP contribution in [0.1, 0.15) is 169 Å². The van der Waals surface area contributed by atoms with Gasteiger partial charge in [-0.3, -0.25) is 4.90 Å². The Bertz CT molecular complexity index is 718. The first kappa shape index (κ1) is 41.4. The first-order valence-electron chi connectivity index (χ1n) is 18.6. The number of hydrogen-bond acceptors (Lipinski definition) is 2. The zero-order valence-corrected chi connectivity index (χ0v) is 29.4. The molecule has 0 heterocycles. The lowest BCUT2D eigenvalue weighted by atomic mass is 10.0. The van der Waals surface area contributed by atoms with Crippen LogP contribution in [-0.2, 0) is 4.74 Å². The Kier molecular flexibility index (Phi) is 35.3. The van der Waals surface area contributed by atoms with E-state index in [1.54, 1.807) is 0 Å². The molecule has 0 aliphatic carbocycles. The van der Waals surface area contributed by atoms with Crippen LogP contribution in [0, 0.1) is 11.8 Å². The normalized spacial score (nSPS) is 12.9. The van der Waals surface area contributed by atoms with E-state index in [1.165, 1.54) is 128 Å². The van der Waals surface area contributed by atoms with Crippen LogP contribution in [0.5, 0.6) is 0 Å². The Balaban J connectivity index is 4.06. The van der Waals surface area contributed by atoms with E-state index >= 15 is 0 Å². The zero-order chi connectivity index (χ0) is 31.3. The van der Waals surface area contributed by atoms with Gasteiger partial charge >= 0.3 is 0 Å². The molecule has 0 N–H and O–H groups in total. The van der Waals surface area contributed by atoms with Crippen molar-refractivity contribution in [3.63, 3.8) is 0 Å². The van der Waals surface area contributed by atoms with Crippen LogP contribution in [0.25, 0.3) is 0 Å². The van der Waals surface area contributed by atoms with Gasteiger partial charge in [0.25, 0.3) is 0 Å². The predicted molar refractivity (Wildman–Crippen MR) is 195 cm³/mol. The van der Waals surface area contributed by atoms with E-state index in [-0.39, 0.29) is 0 Å². The van der Waals surface area contributed by atoms with Crippen LogP contribution >= 0.6 is 0 Å². The Morgan fingerprint density at radius 2 is 1.00 bits per heavy atom. The molecule has 0 aliphatic heterocycles. The molecule has 2 heteroatoms. The fourth-order valence-electron chi connectivity index (χ4n) is 5.27. The van der Waals surface area contributed by atoms with Gasteiger partial charge in [0.2, 0.25) is 0 Å². The molecule has 2 nitrogen and oxygen atoms in total. The van der Waals surface area contributed by atoms with E-state index in [0.717, 1.165) is 32.5 Å². The summed E-state index contributed by atoms with van der Waals surface area (Å²) < 4.78 is 6.30. The number of hydrogen-bond donors (Lipinski definition) is 0. The van der Waals surface area contributed by atoms with Crippen LogP contribution < -0.4 is 0 Å². The van der Waals surface area contributed by atoms with Gasteiger partial charge in [0.1, 0.15) is 6.61 Å². The molecule has 0 aliphatic rings. The van der Waals surface area contributed by atoms with E-state index in [2.05, 4.69) is 93.0 Å². The summed E-state index contributed by atoms with van der Waals surface area (Å²) in [7, 11) is 0. The van der Waals surface area contributed by atoms with Crippen molar-refractivity contribution in [2.75, 3.05) is 26.2 Å². The van der Waals surface area contributed by atoms with E-state index < -0.39 is 0 Å². The number of rotatable bonds is 31. The highest BCUT2D eigenvalue weighted by molar-refractivity contribution is 5.01. The molecule has 0 rings (SSSR count). The highest BCUT2D eigenvalue weighted by atomic mass is 16.5. The molecule has 0 saturated carbocycles. The highest BCUT2D eigenvalue weighted by Crippen LogP contribution is 2.17. The van der Waals surface area contributed by atoms with Crippen molar-refractivity contribution in [2.24, 2.45) is 0 Å². The van der Waals surface area contributed by atoms with Crippen LogP contribution in [0.2, 0.25) is 0 Å². The molecule has 248 valence electrons. The first-order chi connectivity index (χ1) is 21.3. The topological polar surface area (TPSA) is 12.5 Å². The largest absolute Gasteiger partial charge is 0.366 e. The number of ether oxygens (including phenoxy) is 1. The molecule has 0 amide bonds. The van der Waals surface area contributed by atoms with E-state index in [0.29, 0.717) is 12.7 Å². The van der Waals surface area contributed by atoms with Crippen molar-refractivity contribution < 1.29 is 4.74 Å². The maximum absolute atomic E-state index is 6.30. The van der Waals surface area contributed by atoms with Crippen molar-refractivity contribution in [1.29, 1.82) is 0 Å². The van der Waals surface area contributed by atoms with Gasteiger partial charge in [-0.05, 0) is 84.2 Å². The average Bonchev–Trinajstić information content (AvgIpc) is 3.02. The summed E-state index contributed by atoms with van der Waals surface area (Å²) in [5.41, 5.74) is 0.